The molecule has 0 spiro atoms. The summed E-state index contributed by atoms with van der Waals surface area (Å²) in [7, 11) is 1.65. The molecule has 0 unspecified atom stereocenters. The molecule has 0 aliphatic carbocycles. The van der Waals surface area contributed by atoms with Gasteiger partial charge in [-0.2, -0.15) is 0 Å². The van der Waals surface area contributed by atoms with Crippen LogP contribution in [0.5, 0.6) is 5.75 Å². The number of carbonyl (C=O) groups is 6. The number of rotatable bonds is 19. The average molecular weight is 1380 g/mol. The quantitative estimate of drug-likeness (QED) is 0.0389. The Hall–Kier alpha value is -9.25. The first-order chi connectivity index (χ1) is 46.5. The van der Waals surface area contributed by atoms with Gasteiger partial charge in [0.05, 0.1) is 137 Å². The van der Waals surface area contributed by atoms with Crippen LogP contribution >= 0.6 is 34.8 Å². The van der Waals surface area contributed by atoms with Gasteiger partial charge in [-0.3, -0.25) is 38.7 Å². The molecule has 0 saturated carbocycles. The molecule has 3 N–H and O–H groups in total. The number of nitrogens with one attached hydrogen (secondary N) is 3. The molecule has 6 aromatic heterocycles. The molecule has 27 nitrogen and oxygen atoms in total. The Labute approximate surface area is 567 Å². The number of pyridine rings is 2. The maximum atomic E-state index is 13.1. The number of methoxy groups -OCH3 is 1. The van der Waals surface area contributed by atoms with E-state index in [1.807, 2.05) is 101 Å². The van der Waals surface area contributed by atoms with E-state index in [0.29, 0.717) is 136 Å². The van der Waals surface area contributed by atoms with E-state index in [2.05, 4.69) is 55.0 Å². The van der Waals surface area contributed by atoms with Gasteiger partial charge in [-0.25, -0.2) is 29.9 Å². The lowest BCUT2D eigenvalue weighted by molar-refractivity contribution is -0.150. The van der Waals surface area contributed by atoms with E-state index in [0.717, 1.165) is 55.4 Å². The highest BCUT2D eigenvalue weighted by atomic mass is 35.5. The number of morpholine rings is 3. The second-order valence-corrected chi connectivity index (χ2v) is 23.2. The lowest BCUT2D eigenvalue weighted by Gasteiger charge is -2.27. The van der Waals surface area contributed by atoms with Crippen molar-refractivity contribution in [3.63, 3.8) is 0 Å². The highest BCUT2D eigenvalue weighted by Gasteiger charge is 2.25. The number of anilines is 2. The molecule has 2 atom stereocenters. The lowest BCUT2D eigenvalue weighted by Crippen LogP contribution is -2.41. The molecule has 506 valence electrons. The summed E-state index contributed by atoms with van der Waals surface area (Å²) in [5.74, 6) is 0.891. The molecule has 9 heterocycles. The number of H-pyrrole nitrogens is 1. The van der Waals surface area contributed by atoms with E-state index in [9.17, 15) is 28.8 Å². The number of hydrogen-bond acceptors (Lipinski definition) is 22. The van der Waals surface area contributed by atoms with Crippen LogP contribution in [0.15, 0.2) is 98.1 Å². The summed E-state index contributed by atoms with van der Waals surface area (Å²) < 4.78 is 32.2. The molecule has 12 rings (SSSR count). The topological polar surface area (TPSA) is 315 Å². The lowest BCUT2D eigenvalue weighted by atomic mass is 10.0. The molecule has 9 aromatic rings. The Morgan fingerprint density at radius 3 is 1.60 bits per heavy atom. The normalized spacial score (nSPS) is 14.4. The van der Waals surface area contributed by atoms with Crippen LogP contribution in [-0.2, 0) is 71.8 Å². The van der Waals surface area contributed by atoms with Crippen molar-refractivity contribution in [2.75, 3.05) is 110 Å². The molecular formula is C66H74Cl3N15O12. The number of fused-ring (bicyclic) bond motifs is 4. The van der Waals surface area contributed by atoms with Crippen molar-refractivity contribution in [1.82, 2.24) is 64.1 Å². The number of amides is 3. The number of aromatic amines is 1. The molecule has 30 heteroatoms. The number of aromatic nitrogens is 10. The summed E-state index contributed by atoms with van der Waals surface area (Å²) in [6.45, 7) is 15.4. The summed E-state index contributed by atoms with van der Waals surface area (Å²) in [5, 5.41) is 10.8. The highest BCUT2D eigenvalue weighted by molar-refractivity contribution is 6.64. The minimum Gasteiger partial charge on any atom is -0.497 e. The summed E-state index contributed by atoms with van der Waals surface area (Å²) in [6.07, 6.45) is 6.20. The number of nitrogens with zero attached hydrogens (tertiary/aromatic N) is 12. The van der Waals surface area contributed by atoms with Crippen LogP contribution in [0.25, 0.3) is 43.9 Å². The van der Waals surface area contributed by atoms with Gasteiger partial charge in [0.2, 0.25) is 23.0 Å². The number of halogens is 3. The van der Waals surface area contributed by atoms with E-state index in [1.165, 1.54) is 12.7 Å². The van der Waals surface area contributed by atoms with Crippen LogP contribution in [0.4, 0.5) is 11.6 Å². The summed E-state index contributed by atoms with van der Waals surface area (Å²) in [5.41, 5.74) is 6.69. The fourth-order valence-electron chi connectivity index (χ4n) is 10.6. The van der Waals surface area contributed by atoms with Gasteiger partial charge in [0.25, 0.3) is 0 Å². The summed E-state index contributed by atoms with van der Waals surface area (Å²) in [6, 6.07) is 22.9. The van der Waals surface area contributed by atoms with Crippen LogP contribution in [0, 0.1) is 0 Å². The van der Waals surface area contributed by atoms with Crippen LogP contribution in [0.2, 0.25) is 10.0 Å². The number of esters is 2. The van der Waals surface area contributed by atoms with Gasteiger partial charge < -0.3 is 63.3 Å². The fraction of sp³-hybridized carbons (Fsp3) is 0.394. The smallest absolute Gasteiger partial charge is 0.315 e. The molecule has 3 saturated heterocycles. The van der Waals surface area contributed by atoms with Crippen molar-refractivity contribution in [3.8, 4) is 5.75 Å². The number of ether oxygens (including phenoxy) is 6. The van der Waals surface area contributed by atoms with Crippen molar-refractivity contribution >= 4 is 125 Å². The SMILES string of the molecule is CCOC(=O)CC(=O)Cl.CCOC(=O)CC(=O)N1CCOCC1.COc1ccc(Cn2cnc3c(N[C@@H](C)c4cc5cccc(Cl)c5c(CC(=O)N5CCOCC5)n4)ncnc32)cc1.C[C@H](Nc1ncnc2nc[nH]c12)c1cc2cccc(Cl)c2c(CC(=O)N2CCOCC2)n1. The molecule has 3 aliphatic rings. The zero-order valence-electron chi connectivity index (χ0n) is 53.7. The first-order valence-corrected chi connectivity index (χ1v) is 32.3. The van der Waals surface area contributed by atoms with Gasteiger partial charge >= 0.3 is 11.9 Å². The fourth-order valence-corrected chi connectivity index (χ4v) is 11.3. The number of imidazole rings is 2. The zero-order valence-corrected chi connectivity index (χ0v) is 56.0. The molecule has 3 amide bonds. The number of carbonyl (C=O) groups excluding carboxylic acids is 6. The second kappa shape index (κ2) is 34.9. The van der Waals surface area contributed by atoms with E-state index in [1.54, 1.807) is 38.5 Å². The van der Waals surface area contributed by atoms with Gasteiger partial charge in [-0.05, 0) is 92.0 Å². The highest BCUT2D eigenvalue weighted by Crippen LogP contribution is 2.33. The molecule has 0 bridgehead atoms. The van der Waals surface area contributed by atoms with Crippen LogP contribution in [-0.4, -0.2) is 198 Å². The molecule has 0 radical (unpaired) electrons. The van der Waals surface area contributed by atoms with Gasteiger partial charge in [0.15, 0.2) is 22.9 Å². The van der Waals surface area contributed by atoms with Gasteiger partial charge in [-0.1, -0.05) is 59.6 Å². The van der Waals surface area contributed by atoms with Crippen molar-refractivity contribution in [1.29, 1.82) is 0 Å². The molecular weight excluding hydrogens is 1300 g/mol. The van der Waals surface area contributed by atoms with Crippen molar-refractivity contribution in [2.45, 2.75) is 72.0 Å². The second-order valence-electron chi connectivity index (χ2n) is 22.0. The number of hydrogen-bond donors (Lipinski definition) is 3. The average Bonchev–Trinajstić information content (AvgIpc) is 0.865. The molecule has 3 fully saturated rings. The maximum absolute atomic E-state index is 13.1. The third-order valence-electron chi connectivity index (χ3n) is 15.5. The van der Waals surface area contributed by atoms with E-state index in [-0.39, 0.29) is 62.1 Å². The van der Waals surface area contributed by atoms with Gasteiger partial charge in [0, 0.05) is 50.0 Å². The Kier molecular flexibility index (Phi) is 25.9. The van der Waals surface area contributed by atoms with Gasteiger partial charge in [-0.15, -0.1) is 0 Å². The summed E-state index contributed by atoms with van der Waals surface area (Å²) >= 11 is 18.0. The predicted molar refractivity (Wildman–Crippen MR) is 360 cm³/mol. The Balaban J connectivity index is 0.000000173. The Morgan fingerprint density at radius 1 is 0.604 bits per heavy atom. The molecule has 3 aromatic carbocycles. The first-order valence-electron chi connectivity index (χ1n) is 31.2. The van der Waals surface area contributed by atoms with Gasteiger partial charge in [0.1, 0.15) is 42.3 Å². The zero-order chi connectivity index (χ0) is 68.1. The summed E-state index contributed by atoms with van der Waals surface area (Å²) in [4.78, 5) is 113. The van der Waals surface area contributed by atoms with Crippen LogP contribution in [0.3, 0.4) is 0 Å². The van der Waals surface area contributed by atoms with Crippen LogP contribution < -0.4 is 15.4 Å². The Morgan fingerprint density at radius 2 is 1.09 bits per heavy atom. The van der Waals surface area contributed by atoms with Crippen LogP contribution in [0.1, 0.15) is 81.0 Å². The van der Waals surface area contributed by atoms with E-state index in [4.69, 9.17) is 63.7 Å². The third kappa shape index (κ3) is 19.2. The maximum Gasteiger partial charge on any atom is 0.315 e. The first kappa shape index (κ1) is 71.1. The monoisotopic (exact) mass is 1370 g/mol. The number of benzene rings is 3. The standard InChI is InChI=1S/C30H30ClN7O3.C22H22ClN7O2.C9H15NO4.C5H7ClO3/c1-19(35-29-28-30(33-17-32-29)38(18-34-28)16-20-6-8-22(40-2)9-7-20)24-14-21-4-3-5-23(31)27(21)25(36-24)15-26(39)37-10-12-41-13-11-37;1-13(28-22-20-21(25-11-24-20)26-12-27-22)16-9-14-3-2-4-15(23)19(14)17(29-16)10-18(31)30-5-7-32-8-6-30;1-2-14-9(12)7-8(11)10-3-5-13-6-4-10;1-2-9-5(8)3-4(6)7/h3-9,14,17-19H,10-13,15-16H2,1-2H3,(H,32,33,35);2-4,9,11-13H,5-8,10H2,1H3,(H2,24,25,26,27,28);2-7H2,1H3;2-3H2,1H3/t19-;13-;;/m00../s1. The minimum absolute atomic E-state index is 0.0136. The van der Waals surface area contributed by atoms with E-state index < -0.39 is 17.2 Å². The minimum atomic E-state index is -0.687. The predicted octanol–water partition coefficient (Wildman–Crippen LogP) is 8.29. The Bertz CT molecular complexity index is 4160. The van der Waals surface area contributed by atoms with Crippen molar-refractivity contribution < 1.29 is 57.2 Å². The van der Waals surface area contributed by atoms with Crippen molar-refractivity contribution in [2.24, 2.45) is 0 Å². The van der Waals surface area contributed by atoms with E-state index >= 15 is 0 Å². The largest absolute Gasteiger partial charge is 0.497 e. The molecule has 3 aliphatic heterocycles. The third-order valence-corrected chi connectivity index (χ3v) is 16.2. The molecule has 96 heavy (non-hydrogen) atoms. The van der Waals surface area contributed by atoms with Crippen molar-refractivity contribution in [3.05, 3.63) is 136 Å².